The lowest BCUT2D eigenvalue weighted by Gasteiger charge is -2.33. The molecule has 2 N–H and O–H groups in total. The number of carboxylic acids is 1. The summed E-state index contributed by atoms with van der Waals surface area (Å²) in [4.78, 5) is 41.5. The molecule has 200 valence electrons. The Labute approximate surface area is 213 Å². The maximum absolute atomic E-state index is 13.1. The molecule has 2 aliphatic rings. The molecule has 2 fully saturated rings. The number of carbonyl (C=O) groups is 3. The van der Waals surface area contributed by atoms with Crippen molar-refractivity contribution in [3.8, 4) is 0 Å². The van der Waals surface area contributed by atoms with Crippen molar-refractivity contribution in [1.29, 1.82) is 0 Å². The number of aryl methyl sites for hydroxylation is 1. The van der Waals surface area contributed by atoms with Crippen LogP contribution in [0.4, 0.5) is 0 Å². The normalized spacial score (nSPS) is 20.4. The van der Waals surface area contributed by atoms with Gasteiger partial charge in [0.2, 0.25) is 21.8 Å². The van der Waals surface area contributed by atoms with Gasteiger partial charge < -0.3 is 20.2 Å². The summed E-state index contributed by atoms with van der Waals surface area (Å²) in [6.45, 7) is 4.32. The number of carboxylic acid groups (broad SMARTS) is 1. The average Bonchev–Trinajstić information content (AvgIpc) is 3.33. The number of benzene rings is 1. The minimum atomic E-state index is -3.90. The van der Waals surface area contributed by atoms with Gasteiger partial charge in [-0.3, -0.25) is 9.59 Å². The molecule has 11 heteroatoms. The topological polar surface area (TPSA) is 127 Å². The fraction of sp³-hybridized carbons (Fsp3) is 0.640. The smallest absolute Gasteiger partial charge is 0.326 e. The Hall–Kier alpha value is -2.50. The second kappa shape index (κ2) is 12.2. The molecule has 0 aliphatic carbocycles. The Morgan fingerprint density at radius 1 is 1.08 bits per heavy atom. The van der Waals surface area contributed by atoms with E-state index in [1.54, 1.807) is 17.0 Å². The molecule has 0 spiro atoms. The molecule has 0 saturated carbocycles. The zero-order chi connectivity index (χ0) is 26.5. The van der Waals surface area contributed by atoms with Gasteiger partial charge in [0.05, 0.1) is 4.90 Å². The highest BCUT2D eigenvalue weighted by atomic mass is 32.2. The summed E-state index contributed by atoms with van der Waals surface area (Å²) in [5.74, 6) is -1.47. The number of aliphatic carboxylic acids is 1. The van der Waals surface area contributed by atoms with Crippen LogP contribution in [0.3, 0.4) is 0 Å². The molecule has 2 aliphatic heterocycles. The summed E-state index contributed by atoms with van der Waals surface area (Å²) in [6.07, 6.45) is 2.60. The van der Waals surface area contributed by atoms with Gasteiger partial charge in [0.1, 0.15) is 12.1 Å². The predicted molar refractivity (Wildman–Crippen MR) is 135 cm³/mol. The molecular formula is C25H38N4O6S. The van der Waals surface area contributed by atoms with Gasteiger partial charge in [-0.05, 0) is 71.2 Å². The van der Waals surface area contributed by atoms with E-state index in [9.17, 15) is 27.9 Å². The van der Waals surface area contributed by atoms with Crippen molar-refractivity contribution in [2.24, 2.45) is 5.92 Å². The van der Waals surface area contributed by atoms with E-state index in [4.69, 9.17) is 0 Å². The van der Waals surface area contributed by atoms with Crippen LogP contribution in [0.15, 0.2) is 29.2 Å². The first-order chi connectivity index (χ1) is 17.0. The highest BCUT2D eigenvalue weighted by molar-refractivity contribution is 7.89. The van der Waals surface area contributed by atoms with Crippen molar-refractivity contribution in [2.45, 2.75) is 62.4 Å². The number of carbonyl (C=O) groups excluding carboxylic acids is 2. The molecule has 36 heavy (non-hydrogen) atoms. The number of nitrogens with zero attached hydrogens (tertiary/aromatic N) is 3. The third-order valence-corrected chi connectivity index (χ3v) is 8.91. The Balaban J connectivity index is 1.57. The molecule has 0 aromatic heterocycles. The zero-order valence-corrected chi connectivity index (χ0v) is 22.2. The molecule has 2 amide bonds. The SMILES string of the molecule is Cc1ccc(S(=O)(=O)N2CCC[C@H]2C(=O)N[C@@H](CCC(=O)N2CCC(CN(C)C)CC2)C(=O)O)cc1. The number of sulfonamides is 1. The molecule has 0 radical (unpaired) electrons. The first-order valence-corrected chi connectivity index (χ1v) is 14.0. The van der Waals surface area contributed by atoms with E-state index in [1.807, 2.05) is 21.0 Å². The lowest BCUT2D eigenvalue weighted by Crippen LogP contribution is -2.51. The van der Waals surface area contributed by atoms with Crippen molar-refractivity contribution >= 4 is 27.8 Å². The number of hydrogen-bond donors (Lipinski definition) is 2. The second-order valence-electron chi connectivity index (χ2n) is 10.1. The maximum atomic E-state index is 13.1. The van der Waals surface area contributed by atoms with E-state index in [2.05, 4.69) is 10.2 Å². The van der Waals surface area contributed by atoms with Crippen molar-refractivity contribution in [3.63, 3.8) is 0 Å². The Kier molecular flexibility index (Phi) is 9.48. The lowest BCUT2D eigenvalue weighted by atomic mass is 9.96. The second-order valence-corrected chi connectivity index (χ2v) is 12.0. The number of piperidine rings is 1. The molecule has 10 nitrogen and oxygen atoms in total. The molecule has 1 aromatic rings. The number of rotatable bonds is 10. The largest absolute Gasteiger partial charge is 0.480 e. The van der Waals surface area contributed by atoms with Crippen LogP contribution in [0, 0.1) is 12.8 Å². The Morgan fingerprint density at radius 3 is 2.31 bits per heavy atom. The van der Waals surface area contributed by atoms with Gasteiger partial charge in [-0.1, -0.05) is 17.7 Å². The monoisotopic (exact) mass is 522 g/mol. The van der Waals surface area contributed by atoms with Gasteiger partial charge in [0, 0.05) is 32.6 Å². The predicted octanol–water partition coefficient (Wildman–Crippen LogP) is 1.30. The van der Waals surface area contributed by atoms with Gasteiger partial charge in [0.15, 0.2) is 0 Å². The van der Waals surface area contributed by atoms with Crippen LogP contribution in [0.1, 0.15) is 44.1 Å². The van der Waals surface area contributed by atoms with Crippen LogP contribution in [0.5, 0.6) is 0 Å². The van der Waals surface area contributed by atoms with E-state index >= 15 is 0 Å². The zero-order valence-electron chi connectivity index (χ0n) is 21.4. The van der Waals surface area contributed by atoms with Crippen LogP contribution in [0.25, 0.3) is 0 Å². The molecule has 2 saturated heterocycles. The van der Waals surface area contributed by atoms with E-state index in [1.165, 1.54) is 12.1 Å². The Bertz CT molecular complexity index is 1040. The summed E-state index contributed by atoms with van der Waals surface area (Å²) in [5.41, 5.74) is 0.918. The number of amides is 2. The molecule has 0 bridgehead atoms. The van der Waals surface area contributed by atoms with Crippen molar-refractivity contribution in [2.75, 3.05) is 40.3 Å². The summed E-state index contributed by atoms with van der Waals surface area (Å²) in [7, 11) is 0.160. The van der Waals surface area contributed by atoms with Crippen molar-refractivity contribution < 1.29 is 27.9 Å². The van der Waals surface area contributed by atoms with E-state index in [0.717, 1.165) is 29.3 Å². The summed E-state index contributed by atoms with van der Waals surface area (Å²) in [6, 6.07) is 4.15. The van der Waals surface area contributed by atoms with E-state index in [-0.39, 0.29) is 30.2 Å². The first-order valence-electron chi connectivity index (χ1n) is 12.5. The summed E-state index contributed by atoms with van der Waals surface area (Å²) < 4.78 is 27.4. The van der Waals surface area contributed by atoms with E-state index < -0.39 is 34.0 Å². The van der Waals surface area contributed by atoms with Gasteiger partial charge in [-0.2, -0.15) is 4.31 Å². The van der Waals surface area contributed by atoms with Crippen LogP contribution < -0.4 is 5.32 Å². The highest BCUT2D eigenvalue weighted by Gasteiger charge is 2.40. The molecular weight excluding hydrogens is 484 g/mol. The number of likely N-dealkylation sites (tertiary alicyclic amines) is 1. The van der Waals surface area contributed by atoms with Crippen molar-refractivity contribution in [1.82, 2.24) is 19.4 Å². The molecule has 0 unspecified atom stereocenters. The minimum absolute atomic E-state index is 0.00560. The standard InChI is InChI=1S/C25H38N4O6S/c1-18-6-8-20(9-7-18)36(34,35)29-14-4-5-22(29)24(31)26-21(25(32)33)10-11-23(30)28-15-12-19(13-16-28)17-27(2)3/h6-9,19,21-22H,4-5,10-17H2,1-3H3,(H,26,31)(H,32,33)/t21-,22-/m0/s1. The van der Waals surface area contributed by atoms with Gasteiger partial charge in [-0.25, -0.2) is 13.2 Å². The number of hydrogen-bond acceptors (Lipinski definition) is 6. The summed E-state index contributed by atoms with van der Waals surface area (Å²) in [5, 5.41) is 12.1. The molecule has 3 rings (SSSR count). The fourth-order valence-corrected chi connectivity index (χ4v) is 6.62. The molecule has 2 heterocycles. The molecule has 1 aromatic carbocycles. The third-order valence-electron chi connectivity index (χ3n) is 6.99. The Morgan fingerprint density at radius 2 is 1.72 bits per heavy atom. The van der Waals surface area contributed by atoms with Crippen LogP contribution >= 0.6 is 0 Å². The fourth-order valence-electron chi connectivity index (χ4n) is 4.97. The van der Waals surface area contributed by atoms with Crippen LogP contribution in [-0.4, -0.2) is 97.8 Å². The highest BCUT2D eigenvalue weighted by Crippen LogP contribution is 2.27. The minimum Gasteiger partial charge on any atom is -0.480 e. The quantitative estimate of drug-likeness (QED) is 0.474. The molecule has 2 atom stereocenters. The summed E-state index contributed by atoms with van der Waals surface area (Å²) >= 11 is 0. The average molecular weight is 523 g/mol. The lowest BCUT2D eigenvalue weighted by molar-refractivity contribution is -0.143. The maximum Gasteiger partial charge on any atom is 0.326 e. The van der Waals surface area contributed by atoms with Crippen molar-refractivity contribution in [3.05, 3.63) is 29.8 Å². The van der Waals surface area contributed by atoms with Crippen LogP contribution in [0.2, 0.25) is 0 Å². The van der Waals surface area contributed by atoms with Gasteiger partial charge in [0.25, 0.3) is 0 Å². The van der Waals surface area contributed by atoms with Gasteiger partial charge >= 0.3 is 5.97 Å². The third kappa shape index (κ3) is 7.04. The first kappa shape index (κ1) is 28.1. The van der Waals surface area contributed by atoms with Crippen LogP contribution in [-0.2, 0) is 24.4 Å². The number of nitrogens with one attached hydrogen (secondary N) is 1. The van der Waals surface area contributed by atoms with Gasteiger partial charge in [-0.15, -0.1) is 0 Å². The van der Waals surface area contributed by atoms with E-state index in [0.29, 0.717) is 31.8 Å².